The van der Waals surface area contributed by atoms with Crippen LogP contribution in [0.25, 0.3) is 88.4 Å². The lowest BCUT2D eigenvalue weighted by atomic mass is 9.97. The molecule has 0 atom stereocenters. The molecule has 3 heterocycles. The standard InChI is InChI=1S/C44H28N2O/c1-3-14-33(15-4-1)45-39-20-9-7-18-35(39)37-27-31(22-24-41(37)45)29-12-11-13-30(26-29)32-23-25-42-38(28-32)43-36-19-8-10-21-40(36)46(44(43)47-42)34-16-5-2-6-17-34/h1-28H. The predicted molar refractivity (Wildman–Crippen MR) is 196 cm³/mol. The lowest BCUT2D eigenvalue weighted by Gasteiger charge is -2.09. The molecule has 0 amide bonds. The van der Waals surface area contributed by atoms with E-state index >= 15 is 0 Å². The number of rotatable bonds is 4. The van der Waals surface area contributed by atoms with E-state index in [0.717, 1.165) is 33.3 Å². The largest absolute Gasteiger partial charge is 0.439 e. The van der Waals surface area contributed by atoms with Crippen LogP contribution in [-0.4, -0.2) is 9.13 Å². The number of benzene rings is 7. The van der Waals surface area contributed by atoms with Crippen LogP contribution in [-0.2, 0) is 0 Å². The Morgan fingerprint density at radius 1 is 0.340 bits per heavy atom. The van der Waals surface area contributed by atoms with Crippen molar-refractivity contribution in [1.82, 2.24) is 9.13 Å². The van der Waals surface area contributed by atoms with Gasteiger partial charge < -0.3 is 8.98 Å². The summed E-state index contributed by atoms with van der Waals surface area (Å²) in [6.07, 6.45) is 0. The summed E-state index contributed by atoms with van der Waals surface area (Å²) in [5.74, 6) is 0. The number of fused-ring (bicyclic) bond motifs is 8. The molecular weight excluding hydrogens is 572 g/mol. The molecule has 3 heteroatoms. The van der Waals surface area contributed by atoms with Crippen LogP contribution in [0.5, 0.6) is 0 Å². The zero-order valence-corrected chi connectivity index (χ0v) is 25.5. The summed E-state index contributed by atoms with van der Waals surface area (Å²) in [5, 5.41) is 5.98. The molecule has 0 bridgehead atoms. The van der Waals surface area contributed by atoms with Crippen molar-refractivity contribution in [2.45, 2.75) is 0 Å². The maximum Gasteiger partial charge on any atom is 0.213 e. The van der Waals surface area contributed by atoms with Crippen molar-refractivity contribution in [3.8, 4) is 33.6 Å². The van der Waals surface area contributed by atoms with Gasteiger partial charge in [0.2, 0.25) is 5.71 Å². The molecule has 7 aromatic carbocycles. The van der Waals surface area contributed by atoms with Crippen molar-refractivity contribution in [3.05, 3.63) is 170 Å². The van der Waals surface area contributed by atoms with Gasteiger partial charge >= 0.3 is 0 Å². The zero-order chi connectivity index (χ0) is 30.9. The molecule has 0 fully saturated rings. The summed E-state index contributed by atoms with van der Waals surface area (Å²) in [6, 6.07) is 60.7. The molecule has 47 heavy (non-hydrogen) atoms. The highest BCUT2D eigenvalue weighted by Gasteiger charge is 2.20. The molecule has 0 saturated heterocycles. The van der Waals surface area contributed by atoms with Gasteiger partial charge in [-0.25, -0.2) is 0 Å². The van der Waals surface area contributed by atoms with E-state index < -0.39 is 0 Å². The van der Waals surface area contributed by atoms with Gasteiger partial charge in [-0.2, -0.15) is 0 Å². The Bertz CT molecular complexity index is 2780. The highest BCUT2D eigenvalue weighted by atomic mass is 16.3. The minimum atomic E-state index is 0.876. The maximum absolute atomic E-state index is 6.58. The number of aromatic nitrogens is 2. The minimum absolute atomic E-state index is 0.876. The molecule has 3 nitrogen and oxygen atoms in total. The minimum Gasteiger partial charge on any atom is -0.439 e. The van der Waals surface area contributed by atoms with E-state index in [1.807, 2.05) is 6.07 Å². The second-order valence-electron chi connectivity index (χ2n) is 12.2. The van der Waals surface area contributed by atoms with Gasteiger partial charge in [0.05, 0.1) is 21.9 Å². The Balaban J connectivity index is 1.12. The third-order valence-electron chi connectivity index (χ3n) is 9.52. The van der Waals surface area contributed by atoms with Gasteiger partial charge in [0.25, 0.3) is 0 Å². The predicted octanol–water partition coefficient (Wildman–Crippen LogP) is 12.0. The molecule has 220 valence electrons. The number of nitrogens with zero attached hydrogens (tertiary/aromatic N) is 2. The van der Waals surface area contributed by atoms with E-state index in [4.69, 9.17) is 4.42 Å². The highest BCUT2D eigenvalue weighted by molar-refractivity contribution is 6.20. The molecule has 10 aromatic rings. The Hall–Kier alpha value is -6.32. The van der Waals surface area contributed by atoms with Crippen molar-refractivity contribution in [2.75, 3.05) is 0 Å². The van der Waals surface area contributed by atoms with Crippen LogP contribution in [0.15, 0.2) is 174 Å². The Kier molecular flexibility index (Phi) is 5.57. The van der Waals surface area contributed by atoms with Gasteiger partial charge in [-0.05, 0) is 89.0 Å². The Morgan fingerprint density at radius 3 is 1.60 bits per heavy atom. The molecule has 0 N–H and O–H groups in total. The van der Waals surface area contributed by atoms with Crippen LogP contribution in [0.1, 0.15) is 0 Å². The van der Waals surface area contributed by atoms with Crippen LogP contribution >= 0.6 is 0 Å². The first kappa shape index (κ1) is 26.0. The fraction of sp³-hybridized carbons (Fsp3) is 0. The second-order valence-corrected chi connectivity index (χ2v) is 12.2. The van der Waals surface area contributed by atoms with Crippen molar-refractivity contribution in [1.29, 1.82) is 0 Å². The van der Waals surface area contributed by atoms with Crippen molar-refractivity contribution in [3.63, 3.8) is 0 Å². The fourth-order valence-electron chi connectivity index (χ4n) is 7.39. The molecule has 0 unspecified atom stereocenters. The normalized spacial score (nSPS) is 11.8. The highest BCUT2D eigenvalue weighted by Crippen LogP contribution is 2.41. The monoisotopic (exact) mass is 600 g/mol. The molecular formula is C44H28N2O. The summed E-state index contributed by atoms with van der Waals surface area (Å²) in [4.78, 5) is 0. The van der Waals surface area contributed by atoms with Gasteiger partial charge in [-0.1, -0.05) is 103 Å². The molecule has 0 aliphatic heterocycles. The van der Waals surface area contributed by atoms with Gasteiger partial charge in [0, 0.05) is 32.9 Å². The average Bonchev–Trinajstić information content (AvgIpc) is 3.78. The van der Waals surface area contributed by atoms with Crippen LogP contribution in [0.2, 0.25) is 0 Å². The molecule has 0 saturated carbocycles. The first-order valence-corrected chi connectivity index (χ1v) is 16.0. The molecule has 0 aliphatic rings. The smallest absolute Gasteiger partial charge is 0.213 e. The zero-order valence-electron chi connectivity index (χ0n) is 25.5. The molecule has 0 spiro atoms. The molecule has 3 aromatic heterocycles. The van der Waals surface area contributed by atoms with Gasteiger partial charge in [-0.15, -0.1) is 0 Å². The lowest BCUT2D eigenvalue weighted by Crippen LogP contribution is -1.92. The van der Waals surface area contributed by atoms with E-state index in [2.05, 4.69) is 173 Å². The topological polar surface area (TPSA) is 23.0 Å². The third kappa shape index (κ3) is 3.93. The number of para-hydroxylation sites is 4. The van der Waals surface area contributed by atoms with E-state index in [9.17, 15) is 0 Å². The lowest BCUT2D eigenvalue weighted by molar-refractivity contribution is 0.645. The van der Waals surface area contributed by atoms with Crippen LogP contribution < -0.4 is 0 Å². The van der Waals surface area contributed by atoms with E-state index in [0.29, 0.717) is 0 Å². The summed E-state index contributed by atoms with van der Waals surface area (Å²) in [7, 11) is 0. The quantitative estimate of drug-likeness (QED) is 0.197. The average molecular weight is 601 g/mol. The number of furan rings is 1. The molecule has 10 rings (SSSR count). The van der Waals surface area contributed by atoms with E-state index in [-0.39, 0.29) is 0 Å². The first-order valence-electron chi connectivity index (χ1n) is 16.0. The number of hydrogen-bond donors (Lipinski definition) is 0. The van der Waals surface area contributed by atoms with Crippen LogP contribution in [0.4, 0.5) is 0 Å². The summed E-state index contributed by atoms with van der Waals surface area (Å²) < 4.78 is 11.2. The van der Waals surface area contributed by atoms with Crippen LogP contribution in [0, 0.1) is 0 Å². The fourth-order valence-corrected chi connectivity index (χ4v) is 7.39. The van der Waals surface area contributed by atoms with Crippen molar-refractivity contribution in [2.24, 2.45) is 0 Å². The molecule has 0 aliphatic carbocycles. The van der Waals surface area contributed by atoms with E-state index in [1.54, 1.807) is 0 Å². The Labute approximate surface area is 271 Å². The molecule has 0 radical (unpaired) electrons. The SMILES string of the molecule is c1ccc(-n2c3ccccc3c3cc(-c4cccc(-c5ccc6oc7c(c6c5)c5ccccc5n7-c5ccccc5)c4)ccc32)cc1. The Morgan fingerprint density at radius 2 is 0.872 bits per heavy atom. The summed E-state index contributed by atoms with van der Waals surface area (Å²) >= 11 is 0. The van der Waals surface area contributed by atoms with Gasteiger partial charge in [0.1, 0.15) is 5.58 Å². The van der Waals surface area contributed by atoms with Gasteiger partial charge in [0.15, 0.2) is 0 Å². The number of hydrogen-bond acceptors (Lipinski definition) is 1. The second kappa shape index (κ2) is 10.1. The van der Waals surface area contributed by atoms with E-state index in [1.165, 1.54) is 55.1 Å². The summed E-state index contributed by atoms with van der Waals surface area (Å²) in [5.41, 5.74) is 12.3. The van der Waals surface area contributed by atoms with Crippen LogP contribution in [0.3, 0.4) is 0 Å². The van der Waals surface area contributed by atoms with Crippen molar-refractivity contribution >= 4 is 54.8 Å². The van der Waals surface area contributed by atoms with Gasteiger partial charge in [-0.3, -0.25) is 4.57 Å². The van der Waals surface area contributed by atoms with Crippen molar-refractivity contribution < 1.29 is 4.42 Å². The summed E-state index contributed by atoms with van der Waals surface area (Å²) in [6.45, 7) is 0. The third-order valence-corrected chi connectivity index (χ3v) is 9.52. The first-order chi connectivity index (χ1) is 23.3. The maximum atomic E-state index is 6.58.